The Morgan fingerprint density at radius 3 is 2.35 bits per heavy atom. The number of halogens is 2. The van der Waals surface area contributed by atoms with Gasteiger partial charge in [0.05, 0.1) is 0 Å². The lowest BCUT2D eigenvalue weighted by molar-refractivity contribution is 0.542. The molecule has 0 radical (unpaired) electrons. The highest BCUT2D eigenvalue weighted by atomic mass is 32.2. The van der Waals surface area contributed by atoms with Crippen molar-refractivity contribution >= 4 is 17.4 Å². The number of anilines is 1. The average Bonchev–Trinajstić information content (AvgIpc) is 2.38. The van der Waals surface area contributed by atoms with E-state index in [-0.39, 0.29) is 5.69 Å². The van der Waals surface area contributed by atoms with Gasteiger partial charge >= 0.3 is 0 Å². The molecule has 0 aliphatic carbocycles. The second-order valence-corrected chi connectivity index (χ2v) is 6.76. The Kier molecular flexibility index (Phi) is 5.66. The molecule has 1 heterocycles. The first-order chi connectivity index (χ1) is 9.58. The molecule has 0 saturated carbocycles. The third-order valence-corrected chi connectivity index (χ3v) is 4.23. The predicted octanol–water partition coefficient (Wildman–Crippen LogP) is 3.26. The van der Waals surface area contributed by atoms with Crippen molar-refractivity contribution in [1.82, 2.24) is 5.32 Å². The van der Waals surface area contributed by atoms with Crippen LogP contribution in [0, 0.1) is 17.6 Å². The van der Waals surface area contributed by atoms with Gasteiger partial charge in [0.1, 0.15) is 17.3 Å². The highest BCUT2D eigenvalue weighted by Crippen LogP contribution is 2.27. The number of benzene rings is 1. The summed E-state index contributed by atoms with van der Waals surface area (Å²) in [5, 5.41) is 3.20. The zero-order valence-corrected chi connectivity index (χ0v) is 12.9. The highest BCUT2D eigenvalue weighted by Gasteiger charge is 2.20. The molecule has 0 unspecified atom stereocenters. The fourth-order valence-electron chi connectivity index (χ4n) is 2.31. The number of rotatable bonds is 5. The van der Waals surface area contributed by atoms with Crippen LogP contribution in [-0.4, -0.2) is 31.1 Å². The Labute approximate surface area is 123 Å². The first-order valence-corrected chi connectivity index (χ1v) is 8.24. The molecule has 0 spiro atoms. The quantitative estimate of drug-likeness (QED) is 0.898. The summed E-state index contributed by atoms with van der Waals surface area (Å²) < 4.78 is 28.3. The number of hydrogen-bond donors (Lipinski definition) is 1. The van der Waals surface area contributed by atoms with Gasteiger partial charge in [0.15, 0.2) is 0 Å². The predicted molar refractivity (Wildman–Crippen MR) is 82.4 cm³/mol. The molecule has 1 aliphatic heterocycles. The van der Waals surface area contributed by atoms with Gasteiger partial charge in [-0.15, -0.1) is 0 Å². The molecule has 20 heavy (non-hydrogen) atoms. The van der Waals surface area contributed by atoms with Crippen molar-refractivity contribution in [2.45, 2.75) is 20.4 Å². The van der Waals surface area contributed by atoms with Crippen LogP contribution in [0.2, 0.25) is 0 Å². The van der Waals surface area contributed by atoms with Crippen LogP contribution < -0.4 is 10.2 Å². The molecule has 0 atom stereocenters. The van der Waals surface area contributed by atoms with Gasteiger partial charge < -0.3 is 10.2 Å². The number of nitrogens with zero attached hydrogens (tertiary/aromatic N) is 1. The third-order valence-electron chi connectivity index (χ3n) is 3.29. The van der Waals surface area contributed by atoms with Crippen molar-refractivity contribution in [3.63, 3.8) is 0 Å². The Hall–Kier alpha value is -0.810. The molecule has 2 rings (SSSR count). The Morgan fingerprint density at radius 1 is 1.20 bits per heavy atom. The van der Waals surface area contributed by atoms with Crippen molar-refractivity contribution in [3.05, 3.63) is 29.3 Å². The maximum atomic E-state index is 14.2. The second kappa shape index (κ2) is 7.27. The maximum Gasteiger partial charge on any atom is 0.149 e. The fraction of sp³-hybridized carbons (Fsp3) is 0.600. The largest absolute Gasteiger partial charge is 0.365 e. The minimum atomic E-state index is -0.446. The smallest absolute Gasteiger partial charge is 0.149 e. The van der Waals surface area contributed by atoms with E-state index < -0.39 is 11.6 Å². The van der Waals surface area contributed by atoms with Crippen LogP contribution in [0.4, 0.5) is 14.5 Å². The summed E-state index contributed by atoms with van der Waals surface area (Å²) >= 11 is 1.83. The highest BCUT2D eigenvalue weighted by molar-refractivity contribution is 7.99. The third kappa shape index (κ3) is 4.09. The topological polar surface area (TPSA) is 15.3 Å². The molecule has 1 aromatic carbocycles. The molecule has 1 N–H and O–H groups in total. The molecule has 1 fully saturated rings. The van der Waals surface area contributed by atoms with Gasteiger partial charge in [0.25, 0.3) is 0 Å². The van der Waals surface area contributed by atoms with E-state index in [1.54, 1.807) is 0 Å². The molecule has 0 amide bonds. The monoisotopic (exact) mass is 300 g/mol. The van der Waals surface area contributed by atoms with E-state index in [0.29, 0.717) is 31.1 Å². The van der Waals surface area contributed by atoms with Crippen LogP contribution in [0.25, 0.3) is 0 Å². The molecular weight excluding hydrogens is 278 g/mol. The van der Waals surface area contributed by atoms with Crippen LogP contribution in [-0.2, 0) is 6.54 Å². The SMILES string of the molecule is CC(C)CNCc1cc(F)c(N2CCSCC2)c(F)c1. The first-order valence-electron chi connectivity index (χ1n) is 7.09. The number of hydrogen-bond acceptors (Lipinski definition) is 3. The van der Waals surface area contributed by atoms with Crippen molar-refractivity contribution < 1.29 is 8.78 Å². The summed E-state index contributed by atoms with van der Waals surface area (Å²) in [7, 11) is 0. The van der Waals surface area contributed by atoms with Crippen LogP contribution in [0.5, 0.6) is 0 Å². The molecule has 112 valence electrons. The van der Waals surface area contributed by atoms with E-state index in [4.69, 9.17) is 0 Å². The van der Waals surface area contributed by atoms with E-state index in [1.807, 2.05) is 16.7 Å². The zero-order chi connectivity index (χ0) is 14.5. The first kappa shape index (κ1) is 15.6. The summed E-state index contributed by atoms with van der Waals surface area (Å²) in [6.45, 7) is 6.97. The fourth-order valence-corrected chi connectivity index (χ4v) is 3.22. The van der Waals surface area contributed by atoms with Crippen molar-refractivity contribution in [1.29, 1.82) is 0 Å². The van der Waals surface area contributed by atoms with E-state index in [0.717, 1.165) is 18.1 Å². The van der Waals surface area contributed by atoms with E-state index in [1.165, 1.54) is 12.1 Å². The molecule has 0 aromatic heterocycles. The zero-order valence-electron chi connectivity index (χ0n) is 12.1. The van der Waals surface area contributed by atoms with Gasteiger partial charge in [0, 0.05) is 31.1 Å². The van der Waals surface area contributed by atoms with Crippen LogP contribution in [0.3, 0.4) is 0 Å². The summed E-state index contributed by atoms with van der Waals surface area (Å²) in [6, 6.07) is 2.90. The van der Waals surface area contributed by atoms with Gasteiger partial charge in [-0.1, -0.05) is 13.8 Å². The summed E-state index contributed by atoms with van der Waals surface area (Å²) in [5.74, 6) is 1.49. The Morgan fingerprint density at radius 2 is 1.80 bits per heavy atom. The lowest BCUT2D eigenvalue weighted by Gasteiger charge is -2.29. The maximum absolute atomic E-state index is 14.2. The second-order valence-electron chi connectivity index (χ2n) is 5.53. The van der Waals surface area contributed by atoms with Crippen molar-refractivity contribution in [2.24, 2.45) is 5.92 Å². The molecular formula is C15H22F2N2S. The lowest BCUT2D eigenvalue weighted by atomic mass is 10.1. The van der Waals surface area contributed by atoms with Gasteiger partial charge in [-0.05, 0) is 30.2 Å². The minimum Gasteiger partial charge on any atom is -0.365 e. The van der Waals surface area contributed by atoms with Crippen LogP contribution in [0.1, 0.15) is 19.4 Å². The molecule has 1 saturated heterocycles. The van der Waals surface area contributed by atoms with E-state index in [2.05, 4.69) is 19.2 Å². The number of nitrogens with one attached hydrogen (secondary N) is 1. The molecule has 1 aromatic rings. The average molecular weight is 300 g/mol. The summed E-state index contributed by atoms with van der Waals surface area (Å²) in [4.78, 5) is 1.81. The van der Waals surface area contributed by atoms with Gasteiger partial charge in [-0.3, -0.25) is 0 Å². The molecule has 0 bridgehead atoms. The minimum absolute atomic E-state index is 0.137. The van der Waals surface area contributed by atoms with Gasteiger partial charge in [-0.2, -0.15) is 11.8 Å². The summed E-state index contributed by atoms with van der Waals surface area (Å²) in [6.07, 6.45) is 0. The van der Waals surface area contributed by atoms with Crippen LogP contribution >= 0.6 is 11.8 Å². The molecule has 5 heteroatoms. The van der Waals surface area contributed by atoms with Crippen molar-refractivity contribution in [3.8, 4) is 0 Å². The van der Waals surface area contributed by atoms with E-state index >= 15 is 0 Å². The molecule has 1 aliphatic rings. The normalized spacial score (nSPS) is 15.9. The van der Waals surface area contributed by atoms with Gasteiger partial charge in [-0.25, -0.2) is 8.78 Å². The lowest BCUT2D eigenvalue weighted by Crippen LogP contribution is -2.34. The Balaban J connectivity index is 2.07. The van der Waals surface area contributed by atoms with Crippen molar-refractivity contribution in [2.75, 3.05) is 36.0 Å². The number of thioether (sulfide) groups is 1. The standard InChI is InChI=1S/C15H22F2N2S/c1-11(2)9-18-10-12-7-13(16)15(14(17)8-12)19-3-5-20-6-4-19/h7-8,11,18H,3-6,9-10H2,1-2H3. The molecule has 2 nitrogen and oxygen atoms in total. The summed E-state index contributed by atoms with van der Waals surface area (Å²) in [5.41, 5.74) is 0.800. The van der Waals surface area contributed by atoms with Gasteiger partial charge in [0.2, 0.25) is 0 Å². The van der Waals surface area contributed by atoms with E-state index in [9.17, 15) is 8.78 Å². The Bertz CT molecular complexity index is 422. The van der Waals surface area contributed by atoms with Crippen LogP contribution in [0.15, 0.2) is 12.1 Å².